The van der Waals surface area contributed by atoms with Gasteiger partial charge in [0.25, 0.3) is 5.52 Å². The zero-order chi connectivity index (χ0) is 19.1. The number of nitrogens with one attached hydrogen (secondary N) is 1. The Balaban J connectivity index is 1.99. The van der Waals surface area contributed by atoms with Crippen LogP contribution in [0.3, 0.4) is 0 Å². The van der Waals surface area contributed by atoms with Crippen LogP contribution in [-0.4, -0.2) is 10.1 Å². The van der Waals surface area contributed by atoms with Gasteiger partial charge in [0.1, 0.15) is 5.75 Å². The summed E-state index contributed by atoms with van der Waals surface area (Å²) in [5.41, 5.74) is 5.33. The molecule has 4 heteroatoms. The molecule has 3 aromatic carbocycles. The van der Waals surface area contributed by atoms with E-state index in [0.717, 1.165) is 27.9 Å². The number of aromatic nitrogens is 2. The van der Waals surface area contributed by atoms with Crippen molar-refractivity contribution in [2.45, 2.75) is 0 Å². The molecule has 0 aliphatic carbocycles. The van der Waals surface area contributed by atoms with E-state index < -0.39 is 0 Å². The van der Waals surface area contributed by atoms with E-state index in [0.29, 0.717) is 11.0 Å². The Bertz CT molecular complexity index is 1370. The quantitative estimate of drug-likeness (QED) is 0.362. The molecule has 2 N–H and O–H groups in total. The maximum atomic E-state index is 12.9. The number of phenols is 1. The van der Waals surface area contributed by atoms with E-state index in [1.54, 1.807) is 12.1 Å². The van der Waals surface area contributed by atoms with E-state index >= 15 is 0 Å². The summed E-state index contributed by atoms with van der Waals surface area (Å²) in [6.45, 7) is 0. The minimum Gasteiger partial charge on any atom is -0.505 e. The molecule has 0 aliphatic heterocycles. The smallest absolute Gasteiger partial charge is 0.321 e. The van der Waals surface area contributed by atoms with Gasteiger partial charge in [0.2, 0.25) is 11.2 Å². The second-order valence-corrected chi connectivity index (χ2v) is 6.71. The molecule has 0 radical (unpaired) electrons. The van der Waals surface area contributed by atoms with Crippen LogP contribution in [0.1, 0.15) is 0 Å². The molecule has 0 amide bonds. The maximum Gasteiger partial charge on any atom is 0.321 e. The van der Waals surface area contributed by atoms with Crippen molar-refractivity contribution in [2.75, 3.05) is 0 Å². The van der Waals surface area contributed by atoms with E-state index in [4.69, 9.17) is 0 Å². The zero-order valence-corrected chi connectivity index (χ0v) is 15.0. The third kappa shape index (κ3) is 2.55. The van der Waals surface area contributed by atoms with Crippen molar-refractivity contribution in [1.29, 1.82) is 0 Å². The predicted octanol–water partition coefficient (Wildman–Crippen LogP) is 4.31. The van der Waals surface area contributed by atoms with Gasteiger partial charge in [-0.15, -0.1) is 4.40 Å². The van der Waals surface area contributed by atoms with E-state index in [1.165, 1.54) is 0 Å². The molecule has 2 aromatic heterocycles. The normalized spacial score (nSPS) is 11.1. The van der Waals surface area contributed by atoms with Crippen molar-refractivity contribution >= 4 is 16.6 Å². The van der Waals surface area contributed by atoms with E-state index in [2.05, 4.69) is 11.1 Å². The van der Waals surface area contributed by atoms with Crippen molar-refractivity contribution in [2.24, 2.45) is 0 Å². The maximum absolute atomic E-state index is 12.9. The van der Waals surface area contributed by atoms with Gasteiger partial charge in [-0.2, -0.15) is 0 Å². The van der Waals surface area contributed by atoms with Crippen LogP contribution in [0.4, 0.5) is 0 Å². The molecule has 0 aliphatic rings. The summed E-state index contributed by atoms with van der Waals surface area (Å²) in [6.07, 6.45) is 0. The number of para-hydroxylation sites is 1. The summed E-state index contributed by atoms with van der Waals surface area (Å²) >= 11 is 0. The van der Waals surface area contributed by atoms with Crippen molar-refractivity contribution in [3.8, 4) is 28.1 Å². The summed E-state index contributed by atoms with van der Waals surface area (Å²) in [5.74, 6) is 0.0511. The highest BCUT2D eigenvalue weighted by molar-refractivity contribution is 5.81. The molecule has 0 atom stereocenters. The molecule has 0 spiro atoms. The second-order valence-electron chi connectivity index (χ2n) is 6.71. The summed E-state index contributed by atoms with van der Waals surface area (Å²) in [5, 5.41) is 10.3. The SMILES string of the molecule is O=c1[nH]c2c(O)cccc2[n+]2c(-c3ccccc3)cc(-c3ccccc3)cc12. The number of phenolic OH excluding ortho intramolecular Hbond substituents is 1. The van der Waals surface area contributed by atoms with E-state index in [-0.39, 0.29) is 11.3 Å². The monoisotopic (exact) mass is 365 g/mol. The Kier molecular flexibility index (Phi) is 3.69. The molecule has 28 heavy (non-hydrogen) atoms. The summed E-state index contributed by atoms with van der Waals surface area (Å²) < 4.78 is 1.91. The average molecular weight is 365 g/mol. The van der Waals surface area contributed by atoms with Crippen molar-refractivity contribution in [1.82, 2.24) is 4.98 Å². The summed E-state index contributed by atoms with van der Waals surface area (Å²) in [7, 11) is 0. The Labute approximate surface area is 161 Å². The highest BCUT2D eigenvalue weighted by Gasteiger charge is 2.22. The number of pyridine rings is 1. The van der Waals surface area contributed by atoms with Crippen molar-refractivity contribution in [3.05, 3.63) is 101 Å². The number of aromatic amines is 1. The highest BCUT2D eigenvalue weighted by Crippen LogP contribution is 2.27. The van der Waals surface area contributed by atoms with Gasteiger partial charge in [0, 0.05) is 23.8 Å². The van der Waals surface area contributed by atoms with Gasteiger partial charge in [-0.3, -0.25) is 4.79 Å². The summed E-state index contributed by atoms with van der Waals surface area (Å²) in [4.78, 5) is 15.8. The molecule has 0 unspecified atom stereocenters. The third-order valence-corrected chi connectivity index (χ3v) is 4.98. The molecule has 2 heterocycles. The third-order valence-electron chi connectivity index (χ3n) is 4.98. The number of H-pyrrole nitrogens is 1. The molecule has 0 fully saturated rings. The van der Waals surface area contributed by atoms with E-state index in [1.807, 2.05) is 77.2 Å². The number of hydrogen-bond acceptors (Lipinski definition) is 2. The molecule has 0 bridgehead atoms. The van der Waals surface area contributed by atoms with Crippen LogP contribution < -0.4 is 9.96 Å². The zero-order valence-electron chi connectivity index (χ0n) is 15.0. The molecule has 0 saturated carbocycles. The minimum atomic E-state index is -0.246. The largest absolute Gasteiger partial charge is 0.505 e. The Morgan fingerprint density at radius 3 is 2.07 bits per heavy atom. The van der Waals surface area contributed by atoms with Crippen molar-refractivity contribution in [3.63, 3.8) is 0 Å². The number of nitrogens with zero attached hydrogens (tertiary/aromatic N) is 1. The fourth-order valence-corrected chi connectivity index (χ4v) is 3.66. The van der Waals surface area contributed by atoms with Gasteiger partial charge in [-0.05, 0) is 29.3 Å². The van der Waals surface area contributed by atoms with Gasteiger partial charge in [0.05, 0.1) is 0 Å². The van der Waals surface area contributed by atoms with Gasteiger partial charge >= 0.3 is 5.56 Å². The van der Waals surface area contributed by atoms with Gasteiger partial charge in [-0.1, -0.05) is 54.6 Å². The molecule has 0 saturated heterocycles. The molecular formula is C24H17N2O2+. The van der Waals surface area contributed by atoms with Crippen LogP contribution in [0, 0.1) is 0 Å². The lowest BCUT2D eigenvalue weighted by atomic mass is 10.0. The second kappa shape index (κ2) is 6.35. The van der Waals surface area contributed by atoms with Crippen LogP contribution in [0.2, 0.25) is 0 Å². The van der Waals surface area contributed by atoms with Crippen LogP contribution >= 0.6 is 0 Å². The summed E-state index contributed by atoms with van der Waals surface area (Å²) in [6, 6.07) is 29.2. The molecule has 134 valence electrons. The fraction of sp³-hybridized carbons (Fsp3) is 0. The Morgan fingerprint density at radius 1 is 0.679 bits per heavy atom. The Hall–Kier alpha value is -3.92. The minimum absolute atomic E-state index is 0.0511. The lowest BCUT2D eigenvalue weighted by Crippen LogP contribution is -2.33. The number of fused-ring (bicyclic) bond motifs is 3. The number of rotatable bonds is 2. The molecule has 5 rings (SSSR count). The first-order chi connectivity index (χ1) is 13.7. The average Bonchev–Trinajstić information content (AvgIpc) is 2.75. The van der Waals surface area contributed by atoms with Gasteiger partial charge in [-0.25, -0.2) is 0 Å². The van der Waals surface area contributed by atoms with Crippen LogP contribution in [0.25, 0.3) is 38.9 Å². The van der Waals surface area contributed by atoms with Gasteiger partial charge < -0.3 is 10.1 Å². The lowest BCUT2D eigenvalue weighted by molar-refractivity contribution is -0.470. The topological polar surface area (TPSA) is 57.2 Å². The Morgan fingerprint density at radius 2 is 1.36 bits per heavy atom. The first-order valence-corrected chi connectivity index (χ1v) is 9.07. The first kappa shape index (κ1) is 16.3. The molecular weight excluding hydrogens is 348 g/mol. The fourth-order valence-electron chi connectivity index (χ4n) is 3.66. The van der Waals surface area contributed by atoms with E-state index in [9.17, 15) is 9.90 Å². The van der Waals surface area contributed by atoms with Crippen LogP contribution in [-0.2, 0) is 0 Å². The highest BCUT2D eigenvalue weighted by atomic mass is 16.3. The standard InChI is InChI=1S/C24H16N2O2/c27-22-13-7-12-19-23(22)25-24(28)21-15-18(16-8-3-1-4-9-16)14-20(26(19)21)17-10-5-2-6-11-17/h1-15,28H/p+1. The number of benzene rings is 3. The number of aromatic hydroxyl groups is 1. The predicted molar refractivity (Wildman–Crippen MR) is 110 cm³/mol. The van der Waals surface area contributed by atoms with Crippen molar-refractivity contribution < 1.29 is 9.51 Å². The van der Waals surface area contributed by atoms with Crippen LogP contribution in [0.15, 0.2) is 95.8 Å². The van der Waals surface area contributed by atoms with Crippen LogP contribution in [0.5, 0.6) is 5.75 Å². The lowest BCUT2D eigenvalue weighted by Gasteiger charge is -2.07. The number of hydrogen-bond donors (Lipinski definition) is 2. The van der Waals surface area contributed by atoms with Gasteiger partial charge in [0.15, 0.2) is 5.52 Å². The molecule has 4 nitrogen and oxygen atoms in total. The molecule has 5 aromatic rings. The first-order valence-electron chi connectivity index (χ1n) is 9.07.